The standard InChI is InChI=1S/C24H34N2O/c1-16-3-2-4-19(9-16)23-11-17-10-18(12-23)14-24(13-17,15-23)22(27)26-21-7-5-20(25)6-8-21/h2-4,9,17-18,20-21H,5-8,10-15,25H2,1H3,(H,26,27). The Morgan fingerprint density at radius 3 is 2.44 bits per heavy atom. The fourth-order valence-corrected chi connectivity index (χ4v) is 7.44. The van der Waals surface area contributed by atoms with Crippen molar-refractivity contribution < 1.29 is 4.79 Å². The van der Waals surface area contributed by atoms with Crippen LogP contribution in [0.1, 0.15) is 75.3 Å². The number of nitrogens with one attached hydrogen (secondary N) is 1. The van der Waals surface area contributed by atoms with Crippen molar-refractivity contribution in [1.29, 1.82) is 0 Å². The van der Waals surface area contributed by atoms with Gasteiger partial charge in [-0.1, -0.05) is 29.8 Å². The molecule has 0 radical (unpaired) electrons. The number of carbonyl (C=O) groups is 1. The van der Waals surface area contributed by atoms with Crippen molar-refractivity contribution in [2.45, 2.75) is 88.6 Å². The molecule has 3 nitrogen and oxygen atoms in total. The maximum Gasteiger partial charge on any atom is 0.226 e. The van der Waals surface area contributed by atoms with Gasteiger partial charge in [0.1, 0.15) is 0 Å². The molecule has 0 saturated heterocycles. The molecule has 5 fully saturated rings. The van der Waals surface area contributed by atoms with Crippen LogP contribution in [0.15, 0.2) is 24.3 Å². The van der Waals surface area contributed by atoms with Gasteiger partial charge in [-0.25, -0.2) is 0 Å². The molecule has 27 heavy (non-hydrogen) atoms. The second kappa shape index (κ2) is 6.34. The summed E-state index contributed by atoms with van der Waals surface area (Å²) in [5.41, 5.74) is 9.02. The zero-order valence-corrected chi connectivity index (χ0v) is 16.7. The number of rotatable bonds is 3. The van der Waals surface area contributed by atoms with Crippen LogP contribution in [0.5, 0.6) is 0 Å². The van der Waals surface area contributed by atoms with Gasteiger partial charge in [-0.15, -0.1) is 0 Å². The molecule has 0 aromatic heterocycles. The van der Waals surface area contributed by atoms with Crippen molar-refractivity contribution in [1.82, 2.24) is 5.32 Å². The van der Waals surface area contributed by atoms with Gasteiger partial charge < -0.3 is 11.1 Å². The van der Waals surface area contributed by atoms with Gasteiger partial charge in [0, 0.05) is 12.1 Å². The summed E-state index contributed by atoms with van der Waals surface area (Å²) in [6.07, 6.45) is 11.4. The summed E-state index contributed by atoms with van der Waals surface area (Å²) < 4.78 is 0. The SMILES string of the molecule is Cc1cccc(C23CC4CC(CC(C(=O)NC5CCC(N)CC5)(C4)C2)C3)c1. The lowest BCUT2D eigenvalue weighted by Gasteiger charge is -2.61. The van der Waals surface area contributed by atoms with Crippen molar-refractivity contribution in [2.24, 2.45) is 23.0 Å². The van der Waals surface area contributed by atoms with E-state index in [1.807, 2.05) is 0 Å². The molecule has 0 heterocycles. The molecule has 6 rings (SSSR count). The number of hydrogen-bond acceptors (Lipinski definition) is 2. The first-order valence-corrected chi connectivity index (χ1v) is 11.1. The van der Waals surface area contributed by atoms with Crippen LogP contribution >= 0.6 is 0 Å². The van der Waals surface area contributed by atoms with Gasteiger partial charge in [0.2, 0.25) is 5.91 Å². The van der Waals surface area contributed by atoms with Crippen LogP contribution in [0, 0.1) is 24.2 Å². The molecule has 2 unspecified atom stereocenters. The highest BCUT2D eigenvalue weighted by atomic mass is 16.2. The summed E-state index contributed by atoms with van der Waals surface area (Å²) in [6.45, 7) is 2.19. The Labute approximate surface area is 163 Å². The predicted octanol–water partition coefficient (Wildman–Crippen LogP) is 4.22. The molecule has 4 bridgehead atoms. The summed E-state index contributed by atoms with van der Waals surface area (Å²) in [5.74, 6) is 1.84. The van der Waals surface area contributed by atoms with Crippen LogP contribution in [0.2, 0.25) is 0 Å². The normalized spacial score (nSPS) is 42.9. The van der Waals surface area contributed by atoms with Gasteiger partial charge in [0.25, 0.3) is 0 Å². The van der Waals surface area contributed by atoms with E-state index in [9.17, 15) is 4.79 Å². The molecule has 3 N–H and O–H groups in total. The quantitative estimate of drug-likeness (QED) is 0.841. The Hall–Kier alpha value is -1.35. The van der Waals surface area contributed by atoms with E-state index in [1.165, 1.54) is 30.4 Å². The summed E-state index contributed by atoms with van der Waals surface area (Å²) in [7, 11) is 0. The fraction of sp³-hybridized carbons (Fsp3) is 0.708. The lowest BCUT2D eigenvalue weighted by atomic mass is 9.42. The molecular weight excluding hydrogens is 332 g/mol. The zero-order chi connectivity index (χ0) is 18.6. The lowest BCUT2D eigenvalue weighted by Crippen LogP contribution is -2.60. The van der Waals surface area contributed by atoms with Crippen molar-refractivity contribution in [3.63, 3.8) is 0 Å². The van der Waals surface area contributed by atoms with E-state index in [1.54, 1.807) is 0 Å². The Bertz CT molecular complexity index is 720. The van der Waals surface area contributed by atoms with Gasteiger partial charge in [0.05, 0.1) is 5.41 Å². The first-order valence-electron chi connectivity index (χ1n) is 11.1. The van der Waals surface area contributed by atoms with E-state index in [0.717, 1.165) is 56.8 Å². The zero-order valence-electron chi connectivity index (χ0n) is 16.7. The van der Waals surface area contributed by atoms with E-state index >= 15 is 0 Å². The first-order chi connectivity index (χ1) is 13.0. The topological polar surface area (TPSA) is 55.1 Å². The Morgan fingerprint density at radius 2 is 1.78 bits per heavy atom. The molecule has 2 atom stereocenters. The molecular formula is C24H34N2O. The molecule has 0 spiro atoms. The minimum absolute atomic E-state index is 0.118. The predicted molar refractivity (Wildman–Crippen MR) is 108 cm³/mol. The van der Waals surface area contributed by atoms with Crippen LogP contribution in [-0.2, 0) is 10.2 Å². The average Bonchev–Trinajstić information content (AvgIpc) is 2.62. The number of nitrogens with two attached hydrogens (primary N) is 1. The Morgan fingerprint density at radius 1 is 1.07 bits per heavy atom. The number of carbonyl (C=O) groups excluding carboxylic acids is 1. The number of benzene rings is 1. The smallest absolute Gasteiger partial charge is 0.226 e. The van der Waals surface area contributed by atoms with Crippen LogP contribution in [0.3, 0.4) is 0 Å². The summed E-state index contributed by atoms with van der Waals surface area (Å²) >= 11 is 0. The third-order valence-electron chi connectivity index (χ3n) is 8.28. The molecule has 0 aliphatic heterocycles. The Balaban J connectivity index is 1.40. The Kier molecular flexibility index (Phi) is 4.16. The molecule has 5 saturated carbocycles. The van der Waals surface area contributed by atoms with E-state index in [2.05, 4.69) is 36.5 Å². The third kappa shape index (κ3) is 3.03. The molecule has 146 valence electrons. The van der Waals surface area contributed by atoms with E-state index in [-0.39, 0.29) is 10.8 Å². The number of amides is 1. The third-order valence-corrected chi connectivity index (χ3v) is 8.28. The van der Waals surface area contributed by atoms with Gasteiger partial charge in [-0.2, -0.15) is 0 Å². The highest BCUT2D eigenvalue weighted by molar-refractivity contribution is 5.84. The van der Waals surface area contributed by atoms with Crippen LogP contribution in [-0.4, -0.2) is 18.0 Å². The minimum atomic E-state index is -0.118. The lowest BCUT2D eigenvalue weighted by molar-refractivity contribution is -0.150. The molecule has 1 aromatic rings. The molecule has 5 aliphatic rings. The van der Waals surface area contributed by atoms with Crippen molar-refractivity contribution in [3.8, 4) is 0 Å². The summed E-state index contributed by atoms with van der Waals surface area (Å²) in [6, 6.07) is 9.80. The fourth-order valence-electron chi connectivity index (χ4n) is 7.44. The van der Waals surface area contributed by atoms with Crippen molar-refractivity contribution >= 4 is 5.91 Å². The molecule has 3 heteroatoms. The highest BCUT2D eigenvalue weighted by Gasteiger charge is 2.61. The second-order valence-electron chi connectivity index (χ2n) is 10.5. The van der Waals surface area contributed by atoms with Gasteiger partial charge in [-0.05, 0) is 93.9 Å². The molecule has 1 aromatic carbocycles. The van der Waals surface area contributed by atoms with Gasteiger partial charge in [0.15, 0.2) is 0 Å². The van der Waals surface area contributed by atoms with E-state index in [4.69, 9.17) is 5.73 Å². The maximum absolute atomic E-state index is 13.5. The van der Waals surface area contributed by atoms with Gasteiger partial charge in [-0.3, -0.25) is 4.79 Å². The molecule has 5 aliphatic carbocycles. The maximum atomic E-state index is 13.5. The second-order valence-corrected chi connectivity index (χ2v) is 10.5. The monoisotopic (exact) mass is 366 g/mol. The van der Waals surface area contributed by atoms with Crippen molar-refractivity contribution in [3.05, 3.63) is 35.4 Å². The van der Waals surface area contributed by atoms with Gasteiger partial charge >= 0.3 is 0 Å². The number of hydrogen-bond donors (Lipinski definition) is 2. The summed E-state index contributed by atoms with van der Waals surface area (Å²) in [4.78, 5) is 13.5. The highest BCUT2D eigenvalue weighted by Crippen LogP contribution is 2.65. The van der Waals surface area contributed by atoms with E-state index < -0.39 is 0 Å². The number of aryl methyl sites for hydroxylation is 1. The van der Waals surface area contributed by atoms with Crippen LogP contribution < -0.4 is 11.1 Å². The van der Waals surface area contributed by atoms with Crippen LogP contribution in [0.4, 0.5) is 0 Å². The van der Waals surface area contributed by atoms with Crippen molar-refractivity contribution in [2.75, 3.05) is 0 Å². The van der Waals surface area contributed by atoms with E-state index in [0.29, 0.717) is 18.0 Å². The average molecular weight is 367 g/mol. The molecule has 1 amide bonds. The van der Waals surface area contributed by atoms with Crippen LogP contribution in [0.25, 0.3) is 0 Å². The largest absolute Gasteiger partial charge is 0.353 e. The minimum Gasteiger partial charge on any atom is -0.353 e. The first kappa shape index (κ1) is 17.7. The summed E-state index contributed by atoms with van der Waals surface area (Å²) in [5, 5.41) is 3.48.